The van der Waals surface area contributed by atoms with Gasteiger partial charge in [0, 0.05) is 19.8 Å². The molecule has 0 spiro atoms. The summed E-state index contributed by atoms with van der Waals surface area (Å²) in [6, 6.07) is 2.35. The summed E-state index contributed by atoms with van der Waals surface area (Å²) in [7, 11) is 1.52. The molecule has 0 aliphatic carbocycles. The number of rotatable bonds is 4. The van der Waals surface area contributed by atoms with Crippen molar-refractivity contribution in [1.29, 1.82) is 0 Å². The number of hydrogen-bond donors (Lipinski definition) is 3. The van der Waals surface area contributed by atoms with Crippen molar-refractivity contribution in [2.24, 2.45) is 0 Å². The summed E-state index contributed by atoms with van der Waals surface area (Å²) < 4.78 is 0. The number of nitrogens with zero attached hydrogens (tertiary/aromatic N) is 2. The van der Waals surface area contributed by atoms with E-state index in [1.807, 2.05) is 0 Å². The summed E-state index contributed by atoms with van der Waals surface area (Å²) >= 11 is 0. The monoisotopic (exact) mass is 306 g/mol. The van der Waals surface area contributed by atoms with E-state index in [1.54, 1.807) is 0 Å². The van der Waals surface area contributed by atoms with Gasteiger partial charge in [-0.1, -0.05) is 0 Å². The SMILES string of the molecule is CNC(=O)[C@@H]1CCCN1C(=O)CNC(=O)c1ncccc1O. The number of carbonyl (C=O) groups is 3. The topological polar surface area (TPSA) is 112 Å². The van der Waals surface area contributed by atoms with E-state index in [1.165, 1.54) is 30.3 Å². The lowest BCUT2D eigenvalue weighted by Crippen LogP contribution is -2.48. The standard InChI is InChI=1S/C14H18N4O4/c1-15-13(21)9-4-3-7-18(9)11(20)8-17-14(22)12-10(19)5-2-6-16-12/h2,5-6,9,19H,3-4,7-8H2,1H3,(H,15,21)(H,17,22)/t9-/m0/s1. The van der Waals surface area contributed by atoms with Gasteiger partial charge in [0.2, 0.25) is 11.8 Å². The van der Waals surface area contributed by atoms with Gasteiger partial charge in [-0.15, -0.1) is 0 Å². The third kappa shape index (κ3) is 3.33. The summed E-state index contributed by atoms with van der Waals surface area (Å²) in [6.07, 6.45) is 2.73. The predicted octanol–water partition coefficient (Wildman–Crippen LogP) is -0.746. The maximum absolute atomic E-state index is 12.1. The Morgan fingerprint density at radius 1 is 1.45 bits per heavy atom. The Labute approximate surface area is 127 Å². The summed E-state index contributed by atoms with van der Waals surface area (Å²) in [5, 5.41) is 14.5. The molecular formula is C14H18N4O4. The molecular weight excluding hydrogens is 288 g/mol. The van der Waals surface area contributed by atoms with Crippen LogP contribution < -0.4 is 10.6 Å². The largest absolute Gasteiger partial charge is 0.505 e. The third-order valence-corrected chi connectivity index (χ3v) is 3.52. The van der Waals surface area contributed by atoms with Crippen LogP contribution in [-0.4, -0.2) is 58.9 Å². The number of aromatic hydroxyl groups is 1. The maximum Gasteiger partial charge on any atom is 0.274 e. The van der Waals surface area contributed by atoms with E-state index in [-0.39, 0.29) is 29.8 Å². The minimum absolute atomic E-state index is 0.139. The first-order valence-corrected chi connectivity index (χ1v) is 6.98. The minimum atomic E-state index is -0.637. The van der Waals surface area contributed by atoms with E-state index < -0.39 is 11.9 Å². The van der Waals surface area contributed by atoms with E-state index in [0.29, 0.717) is 13.0 Å². The summed E-state index contributed by atoms with van der Waals surface area (Å²) in [5.41, 5.74) is -0.139. The van der Waals surface area contributed by atoms with Gasteiger partial charge in [0.25, 0.3) is 5.91 Å². The average Bonchev–Trinajstić information content (AvgIpc) is 3.01. The lowest BCUT2D eigenvalue weighted by molar-refractivity contribution is -0.137. The highest BCUT2D eigenvalue weighted by atomic mass is 16.3. The van der Waals surface area contributed by atoms with Gasteiger partial charge in [0.1, 0.15) is 11.8 Å². The van der Waals surface area contributed by atoms with Gasteiger partial charge in [-0.25, -0.2) is 4.98 Å². The highest BCUT2D eigenvalue weighted by molar-refractivity contribution is 5.97. The molecule has 0 bridgehead atoms. The van der Waals surface area contributed by atoms with Gasteiger partial charge >= 0.3 is 0 Å². The van der Waals surface area contributed by atoms with E-state index in [2.05, 4.69) is 15.6 Å². The van der Waals surface area contributed by atoms with Crippen molar-refractivity contribution in [2.45, 2.75) is 18.9 Å². The molecule has 2 rings (SSSR count). The first-order chi connectivity index (χ1) is 10.5. The van der Waals surface area contributed by atoms with Crippen molar-refractivity contribution >= 4 is 17.7 Å². The van der Waals surface area contributed by atoms with Gasteiger partial charge in [0.15, 0.2) is 5.69 Å². The van der Waals surface area contributed by atoms with Crippen LogP contribution in [0.4, 0.5) is 0 Å². The molecule has 0 unspecified atom stereocenters. The predicted molar refractivity (Wildman–Crippen MR) is 77.0 cm³/mol. The Bertz CT molecular complexity index is 590. The first kappa shape index (κ1) is 15.7. The summed E-state index contributed by atoms with van der Waals surface area (Å²) in [4.78, 5) is 40.9. The molecule has 1 aliphatic heterocycles. The van der Waals surface area contributed by atoms with Crippen molar-refractivity contribution in [3.05, 3.63) is 24.0 Å². The molecule has 0 radical (unpaired) electrons. The molecule has 3 amide bonds. The second-order valence-corrected chi connectivity index (χ2v) is 4.91. The summed E-state index contributed by atoms with van der Waals surface area (Å²) in [6.45, 7) is 0.240. The minimum Gasteiger partial charge on any atom is -0.505 e. The number of pyridine rings is 1. The van der Waals surface area contributed by atoms with Crippen molar-refractivity contribution in [3.63, 3.8) is 0 Å². The van der Waals surface area contributed by atoms with Gasteiger partial charge in [0.05, 0.1) is 6.54 Å². The molecule has 22 heavy (non-hydrogen) atoms. The zero-order valence-electron chi connectivity index (χ0n) is 12.2. The Hall–Kier alpha value is -2.64. The molecule has 1 aromatic rings. The maximum atomic E-state index is 12.1. The molecule has 1 aromatic heterocycles. The highest BCUT2D eigenvalue weighted by Crippen LogP contribution is 2.17. The van der Waals surface area contributed by atoms with E-state index in [0.717, 1.165) is 6.42 Å². The number of likely N-dealkylation sites (N-methyl/N-ethyl adjacent to an activating group) is 1. The van der Waals surface area contributed by atoms with Crippen molar-refractivity contribution in [2.75, 3.05) is 20.1 Å². The molecule has 118 valence electrons. The number of amides is 3. The average molecular weight is 306 g/mol. The Kier molecular flexibility index (Phi) is 4.92. The molecule has 0 aromatic carbocycles. The second-order valence-electron chi connectivity index (χ2n) is 4.91. The highest BCUT2D eigenvalue weighted by Gasteiger charge is 2.33. The lowest BCUT2D eigenvalue weighted by Gasteiger charge is -2.23. The van der Waals surface area contributed by atoms with Gasteiger partial charge in [-0.3, -0.25) is 14.4 Å². The van der Waals surface area contributed by atoms with E-state index in [9.17, 15) is 19.5 Å². The van der Waals surface area contributed by atoms with Crippen LogP contribution in [0.3, 0.4) is 0 Å². The molecule has 8 nitrogen and oxygen atoms in total. The molecule has 1 aliphatic rings. The lowest BCUT2D eigenvalue weighted by atomic mass is 10.2. The van der Waals surface area contributed by atoms with Crippen LogP contribution in [-0.2, 0) is 9.59 Å². The normalized spacial score (nSPS) is 17.1. The zero-order valence-corrected chi connectivity index (χ0v) is 12.2. The van der Waals surface area contributed by atoms with Crippen molar-refractivity contribution in [1.82, 2.24) is 20.5 Å². The summed E-state index contributed by atoms with van der Waals surface area (Å²) in [5.74, 6) is -1.44. The van der Waals surface area contributed by atoms with Crippen LogP contribution in [0.2, 0.25) is 0 Å². The Morgan fingerprint density at radius 2 is 2.23 bits per heavy atom. The van der Waals surface area contributed by atoms with Crippen LogP contribution in [0.1, 0.15) is 23.3 Å². The smallest absolute Gasteiger partial charge is 0.274 e. The fourth-order valence-corrected chi connectivity index (χ4v) is 2.42. The molecule has 3 N–H and O–H groups in total. The van der Waals surface area contributed by atoms with Crippen LogP contribution in [0.25, 0.3) is 0 Å². The fraction of sp³-hybridized carbons (Fsp3) is 0.429. The number of hydrogen-bond acceptors (Lipinski definition) is 5. The first-order valence-electron chi connectivity index (χ1n) is 6.98. The van der Waals surface area contributed by atoms with Gasteiger partial charge < -0.3 is 20.6 Å². The number of carbonyl (C=O) groups excluding carboxylic acids is 3. The van der Waals surface area contributed by atoms with Crippen LogP contribution in [0, 0.1) is 0 Å². The Balaban J connectivity index is 1.94. The molecule has 0 saturated carbocycles. The molecule has 1 saturated heterocycles. The Morgan fingerprint density at radius 3 is 2.91 bits per heavy atom. The van der Waals surface area contributed by atoms with E-state index >= 15 is 0 Å². The molecule has 1 fully saturated rings. The van der Waals surface area contributed by atoms with Gasteiger partial charge in [-0.05, 0) is 25.0 Å². The number of likely N-dealkylation sites (tertiary alicyclic amines) is 1. The van der Waals surface area contributed by atoms with Crippen LogP contribution in [0.15, 0.2) is 18.3 Å². The number of aromatic nitrogens is 1. The third-order valence-electron chi connectivity index (χ3n) is 3.52. The number of nitrogens with one attached hydrogen (secondary N) is 2. The van der Waals surface area contributed by atoms with E-state index in [4.69, 9.17) is 0 Å². The van der Waals surface area contributed by atoms with Crippen molar-refractivity contribution < 1.29 is 19.5 Å². The van der Waals surface area contributed by atoms with Gasteiger partial charge in [-0.2, -0.15) is 0 Å². The van der Waals surface area contributed by atoms with Crippen LogP contribution >= 0.6 is 0 Å². The fourth-order valence-electron chi connectivity index (χ4n) is 2.42. The van der Waals surface area contributed by atoms with Crippen LogP contribution in [0.5, 0.6) is 5.75 Å². The quantitative estimate of drug-likeness (QED) is 0.678. The van der Waals surface area contributed by atoms with Crippen molar-refractivity contribution in [3.8, 4) is 5.75 Å². The molecule has 2 heterocycles. The molecule has 1 atom stereocenters. The second kappa shape index (κ2) is 6.88. The molecule has 8 heteroatoms. The zero-order chi connectivity index (χ0) is 16.1.